The van der Waals surface area contributed by atoms with Gasteiger partial charge in [-0.05, 0) is 75.5 Å². The summed E-state index contributed by atoms with van der Waals surface area (Å²) in [7, 11) is 0. The zero-order valence-corrected chi connectivity index (χ0v) is 16.2. The molecular formula is C19H26N8O. The van der Waals surface area contributed by atoms with Crippen molar-refractivity contribution in [3.63, 3.8) is 0 Å². The number of amides is 1. The van der Waals surface area contributed by atoms with Crippen molar-refractivity contribution in [2.45, 2.75) is 69.5 Å². The Hall–Kier alpha value is -2.29. The van der Waals surface area contributed by atoms with Crippen LogP contribution in [0.25, 0.3) is 0 Å². The number of nitrogens with one attached hydrogen (secondary N) is 3. The average Bonchev–Trinajstić information content (AvgIpc) is 3.27. The lowest BCUT2D eigenvalue weighted by molar-refractivity contribution is -0.0811. The lowest BCUT2D eigenvalue weighted by Crippen LogP contribution is -2.66. The molecule has 4 bridgehead atoms. The molecule has 0 spiro atoms. The van der Waals surface area contributed by atoms with Crippen molar-refractivity contribution in [2.24, 2.45) is 11.8 Å². The van der Waals surface area contributed by atoms with Gasteiger partial charge in [-0.1, -0.05) is 0 Å². The number of hydrogen-bond acceptors (Lipinski definition) is 6. The number of aromatic nitrogens is 6. The first-order valence-electron chi connectivity index (χ1n) is 10.4. The number of H-pyrrole nitrogens is 1. The Bertz CT molecular complexity index is 932. The molecule has 3 N–H and O–H groups in total. The molecule has 0 radical (unpaired) electrons. The topological polar surface area (TPSA) is 113 Å². The van der Waals surface area contributed by atoms with Gasteiger partial charge in [0, 0.05) is 17.6 Å². The summed E-state index contributed by atoms with van der Waals surface area (Å²) in [5.41, 5.74) is 2.41. The Morgan fingerprint density at radius 3 is 2.82 bits per heavy atom. The lowest BCUT2D eigenvalue weighted by atomic mass is 9.50. The van der Waals surface area contributed by atoms with Gasteiger partial charge in [0.25, 0.3) is 5.91 Å². The minimum absolute atomic E-state index is 0.0285. The van der Waals surface area contributed by atoms with Crippen molar-refractivity contribution in [1.29, 1.82) is 0 Å². The average molecular weight is 382 g/mol. The summed E-state index contributed by atoms with van der Waals surface area (Å²) in [6.07, 6.45) is 7.30. The predicted molar refractivity (Wildman–Crippen MR) is 99.4 cm³/mol. The van der Waals surface area contributed by atoms with E-state index in [0.29, 0.717) is 23.4 Å². The number of rotatable bonds is 3. The molecule has 0 saturated heterocycles. The van der Waals surface area contributed by atoms with Crippen LogP contribution in [0.2, 0.25) is 0 Å². The van der Waals surface area contributed by atoms with E-state index in [9.17, 15) is 4.79 Å². The first-order valence-corrected chi connectivity index (χ1v) is 10.4. The van der Waals surface area contributed by atoms with Gasteiger partial charge in [-0.15, -0.1) is 10.2 Å². The maximum absolute atomic E-state index is 13.2. The van der Waals surface area contributed by atoms with Crippen molar-refractivity contribution in [3.05, 3.63) is 22.8 Å². The molecule has 2 atom stereocenters. The van der Waals surface area contributed by atoms with Crippen molar-refractivity contribution in [2.75, 3.05) is 6.54 Å². The van der Waals surface area contributed by atoms with Gasteiger partial charge in [-0.25, -0.2) is 0 Å². The molecule has 4 saturated carbocycles. The summed E-state index contributed by atoms with van der Waals surface area (Å²) >= 11 is 0. The number of tetrazole rings is 1. The van der Waals surface area contributed by atoms with Crippen LogP contribution in [0.5, 0.6) is 0 Å². The standard InChI is InChI=1S/C19H26N8O/c1-11-22-26-27(25-11)19-7-12-4-13(8-19)6-18(5-12,10-19)21-17(28)16-14-2-3-20-9-15(14)23-24-16/h12-13,20H,2-10H2,1H3,(H,21,28)(H,23,24). The summed E-state index contributed by atoms with van der Waals surface area (Å²) in [6, 6.07) is 0. The van der Waals surface area contributed by atoms with Crippen LogP contribution in [0.1, 0.15) is 66.1 Å². The fourth-order valence-corrected chi connectivity index (χ4v) is 6.81. The zero-order chi connectivity index (χ0) is 18.9. The monoisotopic (exact) mass is 382 g/mol. The van der Waals surface area contributed by atoms with Gasteiger partial charge < -0.3 is 10.6 Å². The van der Waals surface area contributed by atoms with Crippen LogP contribution >= 0.6 is 0 Å². The molecule has 9 heteroatoms. The fourth-order valence-electron chi connectivity index (χ4n) is 6.81. The highest BCUT2D eigenvalue weighted by molar-refractivity contribution is 5.94. The number of fused-ring (bicyclic) bond motifs is 1. The second kappa shape index (κ2) is 5.62. The molecule has 2 aromatic rings. The number of carbonyl (C=O) groups excluding carboxylic acids is 1. The maximum Gasteiger partial charge on any atom is 0.272 e. The van der Waals surface area contributed by atoms with Crippen molar-refractivity contribution >= 4 is 5.91 Å². The third-order valence-electron chi connectivity index (χ3n) is 7.37. The van der Waals surface area contributed by atoms with Crippen molar-refractivity contribution in [3.8, 4) is 0 Å². The van der Waals surface area contributed by atoms with Gasteiger partial charge in [0.2, 0.25) is 0 Å². The van der Waals surface area contributed by atoms with Gasteiger partial charge >= 0.3 is 0 Å². The second-order valence-corrected chi connectivity index (χ2v) is 9.50. The molecule has 5 aliphatic rings. The number of nitrogens with zero attached hydrogens (tertiary/aromatic N) is 5. The molecule has 148 valence electrons. The Morgan fingerprint density at radius 1 is 1.25 bits per heavy atom. The van der Waals surface area contributed by atoms with Crippen LogP contribution in [0, 0.1) is 18.8 Å². The first-order chi connectivity index (χ1) is 13.5. The number of aryl methyl sites for hydroxylation is 1. The highest BCUT2D eigenvalue weighted by Crippen LogP contribution is 2.60. The molecule has 4 fully saturated rings. The molecule has 1 amide bonds. The van der Waals surface area contributed by atoms with Crippen molar-refractivity contribution in [1.82, 2.24) is 41.0 Å². The highest BCUT2D eigenvalue weighted by atomic mass is 16.2. The minimum atomic E-state index is -0.179. The van der Waals surface area contributed by atoms with Gasteiger partial charge in [-0.3, -0.25) is 9.89 Å². The summed E-state index contributed by atoms with van der Waals surface area (Å²) in [4.78, 5) is 15.1. The highest BCUT2D eigenvalue weighted by Gasteiger charge is 2.60. The van der Waals surface area contributed by atoms with Crippen molar-refractivity contribution < 1.29 is 4.79 Å². The van der Waals surface area contributed by atoms with Crippen LogP contribution < -0.4 is 10.6 Å². The Balaban J connectivity index is 1.31. The minimum Gasteiger partial charge on any atom is -0.345 e. The van der Waals surface area contributed by atoms with E-state index in [-0.39, 0.29) is 17.0 Å². The normalized spacial score (nSPS) is 35.8. The van der Waals surface area contributed by atoms with E-state index in [1.54, 1.807) is 0 Å². The predicted octanol–water partition coefficient (Wildman–Crippen LogP) is 0.828. The van der Waals surface area contributed by atoms with Crippen LogP contribution in [0.15, 0.2) is 0 Å². The number of hydrogen-bond donors (Lipinski definition) is 3. The molecule has 1 aliphatic heterocycles. The first kappa shape index (κ1) is 16.6. The van der Waals surface area contributed by atoms with Gasteiger partial charge in [0.1, 0.15) is 0 Å². The van der Waals surface area contributed by atoms with E-state index in [1.807, 2.05) is 11.7 Å². The van der Waals surface area contributed by atoms with E-state index >= 15 is 0 Å². The molecule has 2 unspecified atom stereocenters. The summed E-state index contributed by atoms with van der Waals surface area (Å²) in [6.45, 7) is 3.53. The molecule has 3 heterocycles. The molecule has 0 aromatic carbocycles. The molecule has 4 aliphatic carbocycles. The van der Waals surface area contributed by atoms with Gasteiger partial charge in [0.05, 0.1) is 11.2 Å². The lowest BCUT2D eigenvalue weighted by Gasteiger charge is -2.61. The summed E-state index contributed by atoms with van der Waals surface area (Å²) in [5, 5.41) is 27.2. The number of aromatic amines is 1. The molecule has 9 nitrogen and oxygen atoms in total. The maximum atomic E-state index is 13.2. The fraction of sp³-hybridized carbons (Fsp3) is 0.737. The Kier molecular flexibility index (Phi) is 3.34. The van der Waals surface area contributed by atoms with Crippen LogP contribution in [0.3, 0.4) is 0 Å². The van der Waals surface area contributed by atoms with Crippen LogP contribution in [-0.4, -0.2) is 48.4 Å². The van der Waals surface area contributed by atoms with Gasteiger partial charge in [-0.2, -0.15) is 9.90 Å². The van der Waals surface area contributed by atoms with E-state index in [2.05, 4.69) is 36.2 Å². The molecule has 7 rings (SSSR count). The second-order valence-electron chi connectivity index (χ2n) is 9.50. The van der Waals surface area contributed by atoms with E-state index in [4.69, 9.17) is 0 Å². The Labute approximate surface area is 163 Å². The summed E-state index contributed by atoms with van der Waals surface area (Å²) < 4.78 is 0. The van der Waals surface area contributed by atoms with Crippen LogP contribution in [0.4, 0.5) is 0 Å². The molecular weight excluding hydrogens is 356 g/mol. The van der Waals surface area contributed by atoms with Crippen LogP contribution in [-0.2, 0) is 18.5 Å². The third kappa shape index (κ3) is 2.38. The quantitative estimate of drug-likeness (QED) is 0.725. The van der Waals surface area contributed by atoms with Gasteiger partial charge in [0.15, 0.2) is 11.5 Å². The molecule has 28 heavy (non-hydrogen) atoms. The molecule has 2 aromatic heterocycles. The van der Waals surface area contributed by atoms with E-state index in [0.717, 1.165) is 62.9 Å². The smallest absolute Gasteiger partial charge is 0.272 e. The van der Waals surface area contributed by atoms with E-state index in [1.165, 1.54) is 6.42 Å². The number of carbonyl (C=O) groups is 1. The van der Waals surface area contributed by atoms with E-state index < -0.39 is 0 Å². The summed E-state index contributed by atoms with van der Waals surface area (Å²) in [5.74, 6) is 1.92. The zero-order valence-electron chi connectivity index (χ0n) is 16.2. The SMILES string of the molecule is Cc1nnn(C23CC4CC(CC(NC(=O)c5n[nH]c6c5CCNC6)(C4)C2)C3)n1. The third-order valence-corrected chi connectivity index (χ3v) is 7.37. The Morgan fingerprint density at radius 2 is 2.07 bits per heavy atom. The largest absolute Gasteiger partial charge is 0.345 e.